The molecule has 10 heterocycles. The monoisotopic (exact) mass is 1410 g/mol. The van der Waals surface area contributed by atoms with Crippen LogP contribution in [0.25, 0.3) is 11.6 Å². The minimum atomic E-state index is -0.602. The molecule has 0 saturated carbocycles. The minimum Gasteiger partial charge on any atom is -0.444 e. The summed E-state index contributed by atoms with van der Waals surface area (Å²) in [6.07, 6.45) is 16.9. The second-order valence-electron chi connectivity index (χ2n) is 24.2. The van der Waals surface area contributed by atoms with E-state index in [0.29, 0.717) is 97.9 Å². The number of likely N-dealkylation sites (tertiary alicyclic amines) is 3. The summed E-state index contributed by atoms with van der Waals surface area (Å²) in [5, 5.41) is 14.3. The number of pyridine rings is 4. The first-order chi connectivity index (χ1) is 43.7. The molecule has 11 rings (SSSR count). The number of ether oxygens (including phenoxy) is 2. The number of nitrogens with zero attached hydrogens (tertiary/aromatic N) is 7. The number of fused-ring (bicyclic) bond motifs is 1. The third-order valence-electron chi connectivity index (χ3n) is 14.7. The number of rotatable bonds is 12. The van der Waals surface area contributed by atoms with Crippen LogP contribution in [0.2, 0.25) is 0 Å². The van der Waals surface area contributed by atoms with Gasteiger partial charge in [0.25, 0.3) is 11.8 Å². The van der Waals surface area contributed by atoms with Crippen LogP contribution in [0.5, 0.6) is 0 Å². The van der Waals surface area contributed by atoms with Gasteiger partial charge >= 0.3 is 12.2 Å². The Morgan fingerprint density at radius 1 is 0.634 bits per heavy atom. The summed E-state index contributed by atoms with van der Waals surface area (Å²) < 4.78 is 24.0. The van der Waals surface area contributed by atoms with Crippen LogP contribution in [0.1, 0.15) is 122 Å². The summed E-state index contributed by atoms with van der Waals surface area (Å²) in [5.41, 5.74) is 12.5. The number of anilines is 1. The van der Waals surface area contributed by atoms with E-state index in [1.165, 1.54) is 23.8 Å². The first-order valence-electron chi connectivity index (χ1n) is 30.1. The standard InChI is InChI=1S/C26H24FN5O3.C15H21N3O3.C10H13N3O.C9H16N2O3.C6H6BrN.BrH/c1-14-22(12-19-18-11-17(27)3-4-20(18)30-24(19)33)29-15(2)23(14)25(34)31-21-7-10-32(26(21)35)13-16-5-8-28-9-6-16;1-15(2,3)21-14(20)17-12-6-9-18(13(12)19)10-11-4-7-16-8-5-11;11-9-3-6-13(10(9)14)7-8-1-4-12-5-2-8;1-9(2,3)14-8(13)11-6-4-5-10-7(6)12;7-5-6-1-3-8-4-2-6;/h3-6,8-9,11-12,21,29H,7,10,13H2,1-2H3,(H,30,33)(H,31,34);4-5,7-8,12H,6,9-10H2,1-3H3,(H,17,20);1-2,4-5,9H,3,6-7,11H2;6H,4-5H2,1-3H3,(H,10,12)(H,11,13);1-4H,5H2;1H/b19-12-;;;;;/t21-;12-;9-;6-;;/m0000../s1. The van der Waals surface area contributed by atoms with Gasteiger partial charge in [-0.3, -0.25) is 48.7 Å². The van der Waals surface area contributed by atoms with E-state index in [9.17, 15) is 42.7 Å². The second kappa shape index (κ2) is 34.1. The molecule has 4 saturated heterocycles. The number of aryl methyl sites for hydroxylation is 1. The third kappa shape index (κ3) is 22.1. The normalized spacial score (nSPS) is 18.4. The number of hydrogen-bond acceptors (Lipinski definition) is 15. The van der Waals surface area contributed by atoms with E-state index in [1.807, 2.05) is 48.5 Å². The van der Waals surface area contributed by atoms with Crippen LogP contribution in [0.4, 0.5) is 19.7 Å². The van der Waals surface area contributed by atoms with E-state index in [2.05, 4.69) is 67.4 Å². The molecule has 0 spiro atoms. The van der Waals surface area contributed by atoms with Gasteiger partial charge in [-0.05, 0) is 182 Å². The van der Waals surface area contributed by atoms with Gasteiger partial charge in [-0.15, -0.1) is 17.0 Å². The molecule has 0 aliphatic carbocycles. The van der Waals surface area contributed by atoms with Gasteiger partial charge in [0.15, 0.2) is 0 Å². The summed E-state index contributed by atoms with van der Waals surface area (Å²) in [6, 6.07) is 17.5. The summed E-state index contributed by atoms with van der Waals surface area (Å²) in [7, 11) is 0. The fourth-order valence-corrected chi connectivity index (χ4v) is 10.5. The number of halogens is 3. The highest BCUT2D eigenvalue weighted by Crippen LogP contribution is 2.35. The lowest BCUT2D eigenvalue weighted by atomic mass is 10.0. The topological polar surface area (TPSA) is 318 Å². The number of alkyl halides is 1. The van der Waals surface area contributed by atoms with Crippen LogP contribution in [-0.2, 0) is 58.4 Å². The van der Waals surface area contributed by atoms with Crippen LogP contribution >= 0.6 is 32.9 Å². The van der Waals surface area contributed by atoms with Gasteiger partial charge < -0.3 is 61.5 Å². The van der Waals surface area contributed by atoms with Crippen molar-refractivity contribution in [1.29, 1.82) is 0 Å². The van der Waals surface area contributed by atoms with Crippen molar-refractivity contribution in [3.8, 4) is 0 Å². The number of nitrogens with two attached hydrogens (primary N) is 1. The van der Waals surface area contributed by atoms with Gasteiger partial charge in [-0.2, -0.15) is 0 Å². The van der Waals surface area contributed by atoms with Gasteiger partial charge in [0, 0.05) is 123 Å². The van der Waals surface area contributed by atoms with E-state index in [0.717, 1.165) is 35.0 Å². The molecule has 0 unspecified atom stereocenters. The molecule has 4 atom stereocenters. The summed E-state index contributed by atoms with van der Waals surface area (Å²) >= 11 is 3.33. The number of aromatic nitrogens is 5. The van der Waals surface area contributed by atoms with Gasteiger partial charge in [0.1, 0.15) is 35.1 Å². The van der Waals surface area contributed by atoms with Gasteiger partial charge in [-0.25, -0.2) is 14.0 Å². The van der Waals surface area contributed by atoms with Crippen LogP contribution < -0.4 is 32.3 Å². The highest BCUT2D eigenvalue weighted by molar-refractivity contribution is 9.08. The second-order valence-corrected chi connectivity index (χ2v) is 24.7. The van der Waals surface area contributed by atoms with E-state index in [1.54, 1.807) is 126 Å². The Balaban J connectivity index is 0.000000201. The van der Waals surface area contributed by atoms with Crippen LogP contribution in [0.3, 0.4) is 0 Å². The molecular weight excluding hydrogens is 1330 g/mol. The highest BCUT2D eigenvalue weighted by Gasteiger charge is 2.36. The number of carbonyl (C=O) groups excluding carboxylic acids is 8. The Hall–Kier alpha value is -8.95. The number of aromatic amines is 1. The lowest BCUT2D eigenvalue weighted by Crippen LogP contribution is -2.43. The molecule has 0 radical (unpaired) electrons. The number of nitrogens with one attached hydrogen (secondary N) is 6. The van der Waals surface area contributed by atoms with Crippen molar-refractivity contribution < 1.29 is 52.2 Å². The Bertz CT molecular complexity index is 3580. The average molecular weight is 1410 g/mol. The zero-order chi connectivity index (χ0) is 66.7. The van der Waals surface area contributed by atoms with Gasteiger partial charge in [-0.1, -0.05) is 15.9 Å². The predicted octanol–water partition coefficient (Wildman–Crippen LogP) is 7.99. The third-order valence-corrected chi connectivity index (χ3v) is 15.3. The summed E-state index contributed by atoms with van der Waals surface area (Å²) in [5.74, 6) is -1.41. The molecule has 1 aromatic carbocycles. The van der Waals surface area contributed by atoms with Crippen molar-refractivity contribution in [1.82, 2.24) is 60.9 Å². The fourth-order valence-electron chi connectivity index (χ4n) is 10.1. The largest absolute Gasteiger partial charge is 0.444 e. The smallest absolute Gasteiger partial charge is 0.408 e. The first kappa shape index (κ1) is 73.1. The lowest BCUT2D eigenvalue weighted by Gasteiger charge is -2.21. The van der Waals surface area contributed by atoms with Gasteiger partial charge in [0.05, 0.1) is 17.2 Å². The first-order valence-corrected chi connectivity index (χ1v) is 31.2. The maximum atomic E-state index is 13.8. The lowest BCUT2D eigenvalue weighted by molar-refractivity contribution is -0.130. The Kier molecular flexibility index (Phi) is 26.8. The maximum absolute atomic E-state index is 13.8. The Morgan fingerprint density at radius 2 is 1.08 bits per heavy atom. The average Bonchev–Trinajstić information content (AvgIpc) is 1.64. The zero-order valence-corrected chi connectivity index (χ0v) is 56.6. The molecule has 496 valence electrons. The molecule has 93 heavy (non-hydrogen) atoms. The van der Waals surface area contributed by atoms with Crippen LogP contribution in [0.15, 0.2) is 116 Å². The minimum absolute atomic E-state index is 0. The molecule has 0 bridgehead atoms. The number of amides is 8. The molecule has 5 aliphatic heterocycles. The maximum Gasteiger partial charge on any atom is 0.408 e. The number of H-pyrrole nitrogens is 1. The molecule has 5 aromatic heterocycles. The molecule has 27 heteroatoms. The van der Waals surface area contributed by atoms with E-state index in [-0.39, 0.29) is 58.5 Å². The molecule has 5 aliphatic rings. The number of alkyl carbamates (subject to hydrolysis) is 2. The van der Waals surface area contributed by atoms with Crippen LogP contribution in [-0.4, -0.2) is 149 Å². The van der Waals surface area contributed by atoms with Crippen molar-refractivity contribution in [3.05, 3.63) is 172 Å². The molecule has 8 N–H and O–H groups in total. The quantitative estimate of drug-likeness (QED) is 0.0451. The van der Waals surface area contributed by atoms with E-state index >= 15 is 0 Å². The molecular formula is C66H81Br2FN14O10. The van der Waals surface area contributed by atoms with E-state index in [4.69, 9.17) is 15.2 Å². The summed E-state index contributed by atoms with van der Waals surface area (Å²) in [6.45, 7) is 18.5. The predicted molar refractivity (Wildman–Crippen MR) is 356 cm³/mol. The molecule has 24 nitrogen and oxygen atoms in total. The zero-order valence-electron chi connectivity index (χ0n) is 53.3. The number of carbonyl (C=O) groups is 8. The molecule has 6 aromatic rings. The molecule has 4 fully saturated rings. The fraction of sp³-hybridized carbons (Fsp3) is 0.394. The van der Waals surface area contributed by atoms with Crippen molar-refractivity contribution in [2.45, 2.75) is 141 Å². The number of benzene rings is 1. The van der Waals surface area contributed by atoms with Crippen molar-refractivity contribution in [2.24, 2.45) is 5.73 Å². The van der Waals surface area contributed by atoms with E-state index < -0.39 is 47.3 Å². The van der Waals surface area contributed by atoms with Crippen molar-refractivity contribution >= 4 is 97.9 Å². The van der Waals surface area contributed by atoms with Crippen LogP contribution in [0, 0.1) is 19.7 Å². The Morgan fingerprint density at radius 3 is 1.49 bits per heavy atom. The van der Waals surface area contributed by atoms with Gasteiger partial charge in [0.2, 0.25) is 23.6 Å². The van der Waals surface area contributed by atoms with Crippen molar-refractivity contribution in [2.75, 3.05) is 31.5 Å². The molecule has 8 amide bonds. The highest BCUT2D eigenvalue weighted by atomic mass is 79.9. The van der Waals surface area contributed by atoms with Crippen molar-refractivity contribution in [3.63, 3.8) is 0 Å². The SMILES string of the molecule is Br.BrCc1ccncc1.CC(C)(C)OC(=O)N[C@H]1CCN(Cc2ccncc2)C1=O.CC(C)(C)OC(=O)N[C@H]1CCNC1=O.Cc1[nH]c(/C=C2\C(=O)Nc3ccc(F)cc32)c(C)c1C(=O)N[C@H]1CCN(Cc2ccncc2)C1=O.N[C@H]1CCN(Cc2ccncc2)C1=O. The number of hydrogen-bond donors (Lipinski definition) is 7. The summed E-state index contributed by atoms with van der Waals surface area (Å²) in [4.78, 5) is 120. The Labute approximate surface area is 559 Å².